The van der Waals surface area contributed by atoms with Crippen molar-refractivity contribution >= 4 is 17.3 Å². The van der Waals surface area contributed by atoms with E-state index in [1.807, 2.05) is 0 Å². The molecule has 7 heteroatoms. The molecule has 0 saturated heterocycles. The van der Waals surface area contributed by atoms with E-state index in [1.165, 1.54) is 43.5 Å². The lowest BCUT2D eigenvalue weighted by molar-refractivity contribution is -0.384. The number of carbonyl (C=O) groups is 1. The fourth-order valence-corrected chi connectivity index (χ4v) is 1.72. The standard InChI is InChI=1S/C14H11FN2O4/c1-21-13-7-6-11(17(19)20)8-12(13)14(18)16-10-4-2-9(15)3-5-10/h2-8H,1H3,(H,16,18). The summed E-state index contributed by atoms with van der Waals surface area (Å²) in [6, 6.07) is 8.87. The lowest BCUT2D eigenvalue weighted by Gasteiger charge is -2.09. The first-order chi connectivity index (χ1) is 10.0. The second kappa shape index (κ2) is 6.00. The molecule has 0 radical (unpaired) electrons. The van der Waals surface area contributed by atoms with Crippen LogP contribution in [-0.2, 0) is 0 Å². The highest BCUT2D eigenvalue weighted by Crippen LogP contribution is 2.25. The van der Waals surface area contributed by atoms with Crippen LogP contribution in [0.25, 0.3) is 0 Å². The molecule has 0 aliphatic heterocycles. The van der Waals surface area contributed by atoms with E-state index in [2.05, 4.69) is 5.32 Å². The first kappa shape index (κ1) is 14.4. The monoisotopic (exact) mass is 290 g/mol. The van der Waals surface area contributed by atoms with E-state index >= 15 is 0 Å². The van der Waals surface area contributed by atoms with E-state index in [1.54, 1.807) is 0 Å². The minimum absolute atomic E-state index is 0.0241. The zero-order valence-corrected chi connectivity index (χ0v) is 11.0. The van der Waals surface area contributed by atoms with E-state index in [-0.39, 0.29) is 17.0 Å². The molecule has 0 unspecified atom stereocenters. The van der Waals surface area contributed by atoms with Gasteiger partial charge in [0.15, 0.2) is 0 Å². The summed E-state index contributed by atoms with van der Waals surface area (Å²) in [4.78, 5) is 22.3. The highest BCUT2D eigenvalue weighted by Gasteiger charge is 2.17. The molecule has 21 heavy (non-hydrogen) atoms. The van der Waals surface area contributed by atoms with Crippen molar-refractivity contribution in [3.8, 4) is 5.75 Å². The number of nitrogens with zero attached hydrogens (tertiary/aromatic N) is 1. The van der Waals surface area contributed by atoms with Crippen LogP contribution in [0.4, 0.5) is 15.8 Å². The third-order valence-electron chi connectivity index (χ3n) is 2.74. The summed E-state index contributed by atoms with van der Waals surface area (Å²) in [7, 11) is 1.36. The predicted octanol–water partition coefficient (Wildman–Crippen LogP) is 2.99. The maximum atomic E-state index is 12.8. The minimum Gasteiger partial charge on any atom is -0.496 e. The summed E-state index contributed by atoms with van der Waals surface area (Å²) < 4.78 is 17.8. The Kier molecular flexibility index (Phi) is 4.13. The summed E-state index contributed by atoms with van der Waals surface area (Å²) in [5, 5.41) is 13.3. The quantitative estimate of drug-likeness (QED) is 0.693. The first-order valence-electron chi connectivity index (χ1n) is 5.90. The molecule has 0 saturated carbocycles. The zero-order chi connectivity index (χ0) is 15.4. The van der Waals surface area contributed by atoms with Crippen LogP contribution < -0.4 is 10.1 Å². The number of nitro benzene ring substituents is 1. The van der Waals surface area contributed by atoms with Gasteiger partial charge in [0.2, 0.25) is 0 Å². The van der Waals surface area contributed by atoms with Crippen LogP contribution in [0.5, 0.6) is 5.75 Å². The highest BCUT2D eigenvalue weighted by atomic mass is 19.1. The average Bonchev–Trinajstić information content (AvgIpc) is 2.48. The Morgan fingerprint density at radius 2 is 1.90 bits per heavy atom. The van der Waals surface area contributed by atoms with Gasteiger partial charge in [-0.15, -0.1) is 0 Å². The van der Waals surface area contributed by atoms with Crippen molar-refractivity contribution in [3.63, 3.8) is 0 Å². The summed E-state index contributed by atoms with van der Waals surface area (Å²) >= 11 is 0. The molecule has 0 aliphatic rings. The molecule has 108 valence electrons. The molecule has 6 nitrogen and oxygen atoms in total. The number of rotatable bonds is 4. The number of hydrogen-bond acceptors (Lipinski definition) is 4. The number of ether oxygens (including phenoxy) is 1. The van der Waals surface area contributed by atoms with Gasteiger partial charge >= 0.3 is 0 Å². The van der Waals surface area contributed by atoms with Gasteiger partial charge in [-0.25, -0.2) is 4.39 Å². The second-order valence-electron chi connectivity index (χ2n) is 4.10. The van der Waals surface area contributed by atoms with Crippen molar-refractivity contribution in [1.29, 1.82) is 0 Å². The molecule has 2 aromatic rings. The van der Waals surface area contributed by atoms with Gasteiger partial charge in [0, 0.05) is 17.8 Å². The molecule has 2 aromatic carbocycles. The molecular formula is C14H11FN2O4. The zero-order valence-electron chi connectivity index (χ0n) is 11.0. The molecule has 0 fully saturated rings. The lowest BCUT2D eigenvalue weighted by Crippen LogP contribution is -2.13. The van der Waals surface area contributed by atoms with Crippen molar-refractivity contribution in [2.45, 2.75) is 0 Å². The molecule has 0 atom stereocenters. The SMILES string of the molecule is COc1ccc([N+](=O)[O-])cc1C(=O)Nc1ccc(F)cc1. The fraction of sp³-hybridized carbons (Fsp3) is 0.0714. The van der Waals surface area contributed by atoms with Gasteiger partial charge in [0.05, 0.1) is 17.6 Å². The molecule has 1 amide bonds. The average molecular weight is 290 g/mol. The van der Waals surface area contributed by atoms with Gasteiger partial charge in [-0.3, -0.25) is 14.9 Å². The number of benzene rings is 2. The summed E-state index contributed by atoms with van der Waals surface area (Å²) in [5.41, 5.74) is 0.172. The third-order valence-corrected chi connectivity index (χ3v) is 2.74. The Hall–Kier alpha value is -2.96. The normalized spacial score (nSPS) is 10.0. The molecule has 0 bridgehead atoms. The van der Waals surface area contributed by atoms with Gasteiger partial charge in [-0.2, -0.15) is 0 Å². The van der Waals surface area contributed by atoms with Crippen molar-refractivity contribution in [2.75, 3.05) is 12.4 Å². The number of amides is 1. The van der Waals surface area contributed by atoms with Crippen LogP contribution in [0.15, 0.2) is 42.5 Å². The van der Waals surface area contributed by atoms with Gasteiger partial charge in [-0.1, -0.05) is 0 Å². The Morgan fingerprint density at radius 1 is 1.24 bits per heavy atom. The summed E-state index contributed by atoms with van der Waals surface area (Å²) in [6.45, 7) is 0. The fourth-order valence-electron chi connectivity index (χ4n) is 1.72. The van der Waals surface area contributed by atoms with Crippen LogP contribution in [0, 0.1) is 15.9 Å². The van der Waals surface area contributed by atoms with Crippen molar-refractivity contribution in [2.24, 2.45) is 0 Å². The number of non-ortho nitro benzene ring substituents is 1. The second-order valence-corrected chi connectivity index (χ2v) is 4.10. The van der Waals surface area contributed by atoms with Crippen molar-refractivity contribution in [3.05, 3.63) is 64.0 Å². The van der Waals surface area contributed by atoms with Gasteiger partial charge in [0.25, 0.3) is 11.6 Å². The predicted molar refractivity (Wildman–Crippen MR) is 74.0 cm³/mol. The van der Waals surface area contributed by atoms with Crippen LogP contribution in [0.2, 0.25) is 0 Å². The number of anilines is 1. The molecule has 2 rings (SSSR count). The number of carbonyl (C=O) groups excluding carboxylic acids is 1. The lowest BCUT2D eigenvalue weighted by atomic mass is 10.1. The van der Waals surface area contributed by atoms with E-state index in [4.69, 9.17) is 4.74 Å². The van der Waals surface area contributed by atoms with Crippen LogP contribution >= 0.6 is 0 Å². The van der Waals surface area contributed by atoms with Crippen LogP contribution in [0.1, 0.15) is 10.4 Å². The smallest absolute Gasteiger partial charge is 0.270 e. The number of nitro groups is 1. The maximum absolute atomic E-state index is 12.8. The number of halogens is 1. The molecule has 0 aromatic heterocycles. The molecular weight excluding hydrogens is 279 g/mol. The highest BCUT2D eigenvalue weighted by molar-refractivity contribution is 6.06. The topological polar surface area (TPSA) is 81.5 Å². The number of methoxy groups -OCH3 is 1. The van der Waals surface area contributed by atoms with E-state index in [9.17, 15) is 19.3 Å². The van der Waals surface area contributed by atoms with E-state index < -0.39 is 16.6 Å². The van der Waals surface area contributed by atoms with Gasteiger partial charge in [0.1, 0.15) is 11.6 Å². The Balaban J connectivity index is 2.30. The summed E-state index contributed by atoms with van der Waals surface area (Å²) in [6.07, 6.45) is 0. The molecule has 0 aliphatic carbocycles. The molecule has 0 spiro atoms. The van der Waals surface area contributed by atoms with Crippen LogP contribution in [-0.4, -0.2) is 17.9 Å². The van der Waals surface area contributed by atoms with E-state index in [0.717, 1.165) is 6.07 Å². The van der Waals surface area contributed by atoms with Gasteiger partial charge in [-0.05, 0) is 30.3 Å². The Morgan fingerprint density at radius 3 is 2.48 bits per heavy atom. The Labute approximate surface area is 119 Å². The molecule has 0 heterocycles. The van der Waals surface area contributed by atoms with Crippen LogP contribution in [0.3, 0.4) is 0 Å². The summed E-state index contributed by atoms with van der Waals surface area (Å²) in [5.74, 6) is -0.803. The maximum Gasteiger partial charge on any atom is 0.270 e. The third kappa shape index (κ3) is 3.33. The first-order valence-corrected chi connectivity index (χ1v) is 5.90. The van der Waals surface area contributed by atoms with Gasteiger partial charge < -0.3 is 10.1 Å². The minimum atomic E-state index is -0.603. The number of nitrogens with one attached hydrogen (secondary N) is 1. The van der Waals surface area contributed by atoms with Crippen molar-refractivity contribution < 1.29 is 18.8 Å². The van der Waals surface area contributed by atoms with Crippen molar-refractivity contribution in [1.82, 2.24) is 0 Å². The van der Waals surface area contributed by atoms with E-state index in [0.29, 0.717) is 5.69 Å². The molecule has 1 N–H and O–H groups in total. The Bertz CT molecular complexity index is 686. The number of hydrogen-bond donors (Lipinski definition) is 1. The largest absolute Gasteiger partial charge is 0.496 e.